The zero-order valence-corrected chi connectivity index (χ0v) is 11.2. The Kier molecular flexibility index (Phi) is 4.53. The van der Waals surface area contributed by atoms with Crippen molar-refractivity contribution in [2.45, 2.75) is 38.1 Å². The lowest BCUT2D eigenvalue weighted by molar-refractivity contribution is -0.137. The maximum absolute atomic E-state index is 12.9. The van der Waals surface area contributed by atoms with E-state index in [2.05, 4.69) is 11.8 Å². The van der Waals surface area contributed by atoms with Gasteiger partial charge in [-0.1, -0.05) is 12.1 Å². The van der Waals surface area contributed by atoms with E-state index in [1.165, 1.54) is 17.7 Å². The van der Waals surface area contributed by atoms with Gasteiger partial charge in [-0.05, 0) is 49.9 Å². The summed E-state index contributed by atoms with van der Waals surface area (Å²) in [5.41, 5.74) is 1.17. The third kappa shape index (κ3) is 3.77. The van der Waals surface area contributed by atoms with Crippen LogP contribution in [0.5, 0.6) is 0 Å². The predicted molar refractivity (Wildman–Crippen MR) is 71.7 cm³/mol. The highest BCUT2D eigenvalue weighted by molar-refractivity contribution is 5.66. The number of halogens is 1. The molecule has 2 atom stereocenters. The van der Waals surface area contributed by atoms with Gasteiger partial charge < -0.3 is 10.0 Å². The highest BCUT2D eigenvalue weighted by Gasteiger charge is 2.29. The van der Waals surface area contributed by atoms with Gasteiger partial charge in [0.25, 0.3) is 0 Å². The van der Waals surface area contributed by atoms with Crippen LogP contribution in [0.1, 0.15) is 37.7 Å². The van der Waals surface area contributed by atoms with E-state index in [1.54, 1.807) is 0 Å². The first-order valence-electron chi connectivity index (χ1n) is 6.77. The smallest absolute Gasteiger partial charge is 0.303 e. The fourth-order valence-electron chi connectivity index (χ4n) is 2.82. The molecule has 1 aromatic carbocycles. The van der Waals surface area contributed by atoms with Gasteiger partial charge in [-0.15, -0.1) is 0 Å². The van der Waals surface area contributed by atoms with Crippen LogP contribution >= 0.6 is 0 Å². The molecule has 19 heavy (non-hydrogen) atoms. The van der Waals surface area contributed by atoms with E-state index in [0.29, 0.717) is 18.4 Å². The van der Waals surface area contributed by atoms with Crippen molar-refractivity contribution < 1.29 is 14.3 Å². The standard InChI is InChI=1S/C15H20FNO2/c1-11-9-13(12-4-6-14(16)7-5-12)10-17(11)8-2-3-15(18)19/h4-7,11,13H,2-3,8-10H2,1H3,(H,18,19)/t11-,13+/m1/s1. The number of carboxylic acids is 1. The van der Waals surface area contributed by atoms with E-state index in [4.69, 9.17) is 5.11 Å². The number of carboxylic acid groups (broad SMARTS) is 1. The maximum atomic E-state index is 12.9. The maximum Gasteiger partial charge on any atom is 0.303 e. The van der Waals surface area contributed by atoms with E-state index in [9.17, 15) is 9.18 Å². The number of benzene rings is 1. The zero-order chi connectivity index (χ0) is 13.8. The Hall–Kier alpha value is -1.42. The minimum atomic E-state index is -0.734. The summed E-state index contributed by atoms with van der Waals surface area (Å²) in [5, 5.41) is 8.66. The van der Waals surface area contributed by atoms with Gasteiger partial charge in [0.05, 0.1) is 0 Å². The van der Waals surface area contributed by atoms with E-state index in [0.717, 1.165) is 19.5 Å². The number of aliphatic carboxylic acids is 1. The molecular formula is C15H20FNO2. The van der Waals surface area contributed by atoms with Gasteiger partial charge in [0.2, 0.25) is 0 Å². The van der Waals surface area contributed by atoms with Gasteiger partial charge in [-0.25, -0.2) is 4.39 Å². The number of hydrogen-bond acceptors (Lipinski definition) is 2. The first-order chi connectivity index (χ1) is 9.06. The van der Waals surface area contributed by atoms with Crippen LogP contribution in [-0.4, -0.2) is 35.1 Å². The minimum Gasteiger partial charge on any atom is -0.481 e. The molecule has 0 radical (unpaired) electrons. The van der Waals surface area contributed by atoms with E-state index in [-0.39, 0.29) is 12.2 Å². The Morgan fingerprint density at radius 2 is 2.11 bits per heavy atom. The lowest BCUT2D eigenvalue weighted by Gasteiger charge is -2.20. The number of likely N-dealkylation sites (tertiary alicyclic amines) is 1. The molecule has 0 spiro atoms. The van der Waals surface area contributed by atoms with Crippen molar-refractivity contribution >= 4 is 5.97 Å². The molecule has 0 saturated carbocycles. The molecule has 2 rings (SSSR count). The van der Waals surface area contributed by atoms with Crippen molar-refractivity contribution in [3.8, 4) is 0 Å². The zero-order valence-electron chi connectivity index (χ0n) is 11.2. The van der Waals surface area contributed by atoms with Crippen molar-refractivity contribution in [1.82, 2.24) is 4.90 Å². The van der Waals surface area contributed by atoms with Gasteiger partial charge in [0, 0.05) is 19.0 Å². The summed E-state index contributed by atoms with van der Waals surface area (Å²) in [6, 6.07) is 7.19. The summed E-state index contributed by atoms with van der Waals surface area (Å²) in [4.78, 5) is 12.8. The molecule has 0 aromatic heterocycles. The van der Waals surface area contributed by atoms with Crippen molar-refractivity contribution in [3.05, 3.63) is 35.6 Å². The summed E-state index contributed by atoms with van der Waals surface area (Å²) in [7, 11) is 0. The summed E-state index contributed by atoms with van der Waals surface area (Å²) in [6.45, 7) is 3.93. The molecule has 0 amide bonds. The Morgan fingerprint density at radius 1 is 1.42 bits per heavy atom. The van der Waals surface area contributed by atoms with E-state index in [1.807, 2.05) is 12.1 Å². The lowest BCUT2D eigenvalue weighted by atomic mass is 9.97. The van der Waals surface area contributed by atoms with Crippen LogP contribution < -0.4 is 0 Å². The van der Waals surface area contributed by atoms with Gasteiger partial charge in [0.15, 0.2) is 0 Å². The number of hydrogen-bond donors (Lipinski definition) is 1. The molecule has 1 aliphatic rings. The van der Waals surface area contributed by atoms with Crippen LogP contribution in [0, 0.1) is 5.82 Å². The summed E-state index contributed by atoms with van der Waals surface area (Å²) < 4.78 is 12.9. The highest BCUT2D eigenvalue weighted by atomic mass is 19.1. The topological polar surface area (TPSA) is 40.5 Å². The van der Waals surface area contributed by atoms with Gasteiger partial charge in [-0.3, -0.25) is 4.79 Å². The third-order valence-electron chi connectivity index (χ3n) is 3.88. The fourth-order valence-corrected chi connectivity index (χ4v) is 2.82. The molecular weight excluding hydrogens is 245 g/mol. The first kappa shape index (κ1) is 14.0. The summed E-state index contributed by atoms with van der Waals surface area (Å²) >= 11 is 0. The van der Waals surface area contributed by atoms with Crippen LogP contribution in [-0.2, 0) is 4.79 Å². The quantitative estimate of drug-likeness (QED) is 0.890. The van der Waals surface area contributed by atoms with Crippen LogP contribution in [0.3, 0.4) is 0 Å². The molecule has 1 aliphatic heterocycles. The minimum absolute atomic E-state index is 0.201. The Labute approximate surface area is 113 Å². The van der Waals surface area contributed by atoms with Crippen LogP contribution in [0.4, 0.5) is 4.39 Å². The molecule has 1 aromatic rings. The molecule has 0 aliphatic carbocycles. The van der Waals surface area contributed by atoms with Crippen LogP contribution in [0.25, 0.3) is 0 Å². The van der Waals surface area contributed by atoms with E-state index < -0.39 is 5.97 Å². The van der Waals surface area contributed by atoms with Crippen LogP contribution in [0.2, 0.25) is 0 Å². The molecule has 1 saturated heterocycles. The molecule has 0 bridgehead atoms. The SMILES string of the molecule is C[C@@H]1C[C@H](c2ccc(F)cc2)CN1CCCC(=O)O. The Bertz CT molecular complexity index is 432. The molecule has 104 valence electrons. The van der Waals surface area contributed by atoms with Crippen molar-refractivity contribution in [3.63, 3.8) is 0 Å². The van der Waals surface area contributed by atoms with Gasteiger partial charge in [-0.2, -0.15) is 0 Å². The second-order valence-corrected chi connectivity index (χ2v) is 5.33. The average Bonchev–Trinajstić information content (AvgIpc) is 2.71. The number of carbonyl (C=O) groups is 1. The predicted octanol–water partition coefficient (Wildman–Crippen LogP) is 2.87. The fraction of sp³-hybridized carbons (Fsp3) is 0.533. The molecule has 1 heterocycles. The van der Waals surface area contributed by atoms with Gasteiger partial charge >= 0.3 is 5.97 Å². The molecule has 3 nitrogen and oxygen atoms in total. The van der Waals surface area contributed by atoms with Crippen molar-refractivity contribution in [2.24, 2.45) is 0 Å². The van der Waals surface area contributed by atoms with Crippen LogP contribution in [0.15, 0.2) is 24.3 Å². The highest BCUT2D eigenvalue weighted by Crippen LogP contribution is 2.31. The van der Waals surface area contributed by atoms with Crippen molar-refractivity contribution in [1.29, 1.82) is 0 Å². The number of rotatable bonds is 5. The second kappa shape index (κ2) is 6.15. The molecule has 0 unspecified atom stereocenters. The molecule has 4 heteroatoms. The summed E-state index contributed by atoms with van der Waals surface area (Å²) in [6.07, 6.45) is 1.97. The van der Waals surface area contributed by atoms with Crippen molar-refractivity contribution in [2.75, 3.05) is 13.1 Å². The lowest BCUT2D eigenvalue weighted by Crippen LogP contribution is -2.28. The Balaban J connectivity index is 1.89. The second-order valence-electron chi connectivity index (χ2n) is 5.33. The third-order valence-corrected chi connectivity index (χ3v) is 3.88. The largest absolute Gasteiger partial charge is 0.481 e. The summed E-state index contributed by atoms with van der Waals surface area (Å²) in [5.74, 6) is -0.504. The monoisotopic (exact) mass is 265 g/mol. The normalized spacial score (nSPS) is 23.7. The Morgan fingerprint density at radius 3 is 2.74 bits per heavy atom. The molecule has 1 fully saturated rings. The molecule has 1 N–H and O–H groups in total. The first-order valence-corrected chi connectivity index (χ1v) is 6.77. The van der Waals surface area contributed by atoms with Gasteiger partial charge in [0.1, 0.15) is 5.82 Å². The average molecular weight is 265 g/mol. The van der Waals surface area contributed by atoms with E-state index >= 15 is 0 Å². The number of nitrogens with zero attached hydrogens (tertiary/aromatic N) is 1.